The molecule has 2 nitrogen and oxygen atoms in total. The van der Waals surface area contributed by atoms with Gasteiger partial charge in [0.1, 0.15) is 0 Å². The van der Waals surface area contributed by atoms with Gasteiger partial charge in [0.2, 0.25) is 0 Å². The number of hydrogen-bond acceptors (Lipinski definition) is 1. The number of ketones is 1. The van der Waals surface area contributed by atoms with Crippen LogP contribution in [0, 0.1) is 0 Å². The fraction of sp³-hybridized carbons (Fsp3) is 0.0833. The largest absolute Gasteiger partial charge is 0.361 e. The van der Waals surface area contributed by atoms with E-state index in [4.69, 9.17) is 0 Å². The normalized spacial score (nSPS) is 10.1. The number of H-pyrrole nitrogens is 1. The van der Waals surface area contributed by atoms with Crippen LogP contribution in [0.3, 0.4) is 0 Å². The standard InChI is InChI=1S/C12H11NO/c1-9(14)10-4-2-5-11(8-10)12-6-3-7-13-12/h2-8,13H,1H3. The first-order chi connectivity index (χ1) is 6.77. The lowest BCUT2D eigenvalue weighted by Gasteiger charge is -2.00. The third-order valence-electron chi connectivity index (χ3n) is 2.18. The lowest BCUT2D eigenvalue weighted by Crippen LogP contribution is -1.91. The molecule has 0 amide bonds. The zero-order chi connectivity index (χ0) is 9.97. The highest BCUT2D eigenvalue weighted by atomic mass is 16.1. The number of Topliss-reactive ketones (excluding diaryl/α,β-unsaturated/α-hetero) is 1. The molecule has 0 saturated heterocycles. The molecule has 0 spiro atoms. The number of hydrogen-bond donors (Lipinski definition) is 1. The number of carbonyl (C=O) groups excluding carboxylic acids is 1. The van der Waals surface area contributed by atoms with E-state index in [0.29, 0.717) is 0 Å². The molecule has 0 bridgehead atoms. The van der Waals surface area contributed by atoms with Crippen LogP contribution in [0.2, 0.25) is 0 Å². The second-order valence-electron chi connectivity index (χ2n) is 3.22. The van der Waals surface area contributed by atoms with Crippen molar-refractivity contribution in [1.82, 2.24) is 4.98 Å². The lowest BCUT2D eigenvalue weighted by atomic mass is 10.1. The zero-order valence-electron chi connectivity index (χ0n) is 7.95. The molecule has 2 rings (SSSR count). The van der Waals surface area contributed by atoms with Crippen molar-refractivity contribution in [2.24, 2.45) is 0 Å². The average Bonchev–Trinajstić information content (AvgIpc) is 2.71. The summed E-state index contributed by atoms with van der Waals surface area (Å²) in [5, 5.41) is 0. The van der Waals surface area contributed by atoms with E-state index in [1.165, 1.54) is 0 Å². The Morgan fingerprint density at radius 3 is 2.71 bits per heavy atom. The monoisotopic (exact) mass is 185 g/mol. The van der Waals surface area contributed by atoms with Crippen LogP contribution in [-0.2, 0) is 0 Å². The van der Waals surface area contributed by atoms with Gasteiger partial charge in [-0.3, -0.25) is 4.79 Å². The summed E-state index contributed by atoms with van der Waals surface area (Å²) in [5.41, 5.74) is 2.83. The summed E-state index contributed by atoms with van der Waals surface area (Å²) in [6.45, 7) is 1.58. The molecule has 0 saturated carbocycles. The molecule has 14 heavy (non-hydrogen) atoms. The minimum atomic E-state index is 0.0957. The minimum Gasteiger partial charge on any atom is -0.361 e. The summed E-state index contributed by atoms with van der Waals surface area (Å²) >= 11 is 0. The molecule has 70 valence electrons. The van der Waals surface area contributed by atoms with Crippen molar-refractivity contribution in [1.29, 1.82) is 0 Å². The Morgan fingerprint density at radius 1 is 1.21 bits per heavy atom. The Kier molecular flexibility index (Phi) is 2.19. The maximum absolute atomic E-state index is 11.2. The number of aromatic amines is 1. The van der Waals surface area contributed by atoms with Crippen molar-refractivity contribution in [3.63, 3.8) is 0 Å². The van der Waals surface area contributed by atoms with Gasteiger partial charge in [0, 0.05) is 17.5 Å². The Morgan fingerprint density at radius 2 is 2.07 bits per heavy atom. The van der Waals surface area contributed by atoms with Crippen molar-refractivity contribution < 1.29 is 4.79 Å². The number of carbonyl (C=O) groups is 1. The predicted octanol–water partition coefficient (Wildman–Crippen LogP) is 2.88. The molecule has 1 aromatic carbocycles. The van der Waals surface area contributed by atoms with Gasteiger partial charge in [-0.25, -0.2) is 0 Å². The molecule has 0 atom stereocenters. The molecule has 0 radical (unpaired) electrons. The Bertz CT molecular complexity index is 443. The molecule has 1 heterocycles. The number of rotatable bonds is 2. The quantitative estimate of drug-likeness (QED) is 0.717. The fourth-order valence-electron chi connectivity index (χ4n) is 1.42. The van der Waals surface area contributed by atoms with E-state index in [9.17, 15) is 4.79 Å². The molecular formula is C12H11NO. The topological polar surface area (TPSA) is 32.9 Å². The Labute approximate surface area is 82.6 Å². The van der Waals surface area contributed by atoms with Gasteiger partial charge in [-0.1, -0.05) is 18.2 Å². The van der Waals surface area contributed by atoms with E-state index in [-0.39, 0.29) is 5.78 Å². The van der Waals surface area contributed by atoms with Crippen molar-refractivity contribution in [3.8, 4) is 11.3 Å². The molecule has 2 heteroatoms. The Balaban J connectivity index is 2.46. The fourth-order valence-corrected chi connectivity index (χ4v) is 1.42. The number of benzene rings is 1. The van der Waals surface area contributed by atoms with Crippen molar-refractivity contribution in [3.05, 3.63) is 48.2 Å². The smallest absolute Gasteiger partial charge is 0.159 e. The predicted molar refractivity (Wildman–Crippen MR) is 56.2 cm³/mol. The summed E-state index contributed by atoms with van der Waals surface area (Å²) in [6, 6.07) is 11.5. The molecule has 0 aliphatic heterocycles. The average molecular weight is 185 g/mol. The van der Waals surface area contributed by atoms with Crippen molar-refractivity contribution >= 4 is 5.78 Å². The highest BCUT2D eigenvalue weighted by molar-refractivity contribution is 5.95. The van der Waals surface area contributed by atoms with Crippen molar-refractivity contribution in [2.45, 2.75) is 6.92 Å². The van der Waals surface area contributed by atoms with E-state index < -0.39 is 0 Å². The molecule has 0 unspecified atom stereocenters. The minimum absolute atomic E-state index is 0.0957. The molecule has 1 N–H and O–H groups in total. The van der Waals surface area contributed by atoms with E-state index in [2.05, 4.69) is 4.98 Å². The Hall–Kier alpha value is -1.83. The van der Waals surface area contributed by atoms with Gasteiger partial charge in [-0.2, -0.15) is 0 Å². The van der Waals surface area contributed by atoms with E-state index in [1.54, 1.807) is 6.92 Å². The molecular weight excluding hydrogens is 174 g/mol. The maximum Gasteiger partial charge on any atom is 0.159 e. The summed E-state index contributed by atoms with van der Waals surface area (Å²) in [4.78, 5) is 14.3. The first kappa shape index (κ1) is 8.75. The molecule has 1 aromatic heterocycles. The van der Waals surface area contributed by atoms with Gasteiger partial charge in [-0.05, 0) is 30.7 Å². The summed E-state index contributed by atoms with van der Waals surface area (Å²) in [6.07, 6.45) is 1.87. The van der Waals surface area contributed by atoms with Gasteiger partial charge < -0.3 is 4.98 Å². The second-order valence-corrected chi connectivity index (χ2v) is 3.22. The summed E-state index contributed by atoms with van der Waals surface area (Å²) < 4.78 is 0. The van der Waals surface area contributed by atoms with Gasteiger partial charge in [0.05, 0.1) is 0 Å². The SMILES string of the molecule is CC(=O)c1cccc(-c2ccc[nH]2)c1. The number of nitrogens with one attached hydrogen (secondary N) is 1. The van der Waals surface area contributed by atoms with Gasteiger partial charge >= 0.3 is 0 Å². The van der Waals surface area contributed by atoms with Crippen LogP contribution in [0.1, 0.15) is 17.3 Å². The van der Waals surface area contributed by atoms with Gasteiger partial charge in [0.15, 0.2) is 5.78 Å². The summed E-state index contributed by atoms with van der Waals surface area (Å²) in [5.74, 6) is 0.0957. The zero-order valence-corrected chi connectivity index (χ0v) is 7.95. The second kappa shape index (κ2) is 3.50. The van der Waals surface area contributed by atoms with Crippen LogP contribution >= 0.6 is 0 Å². The van der Waals surface area contributed by atoms with Crippen LogP contribution in [0.15, 0.2) is 42.6 Å². The number of aromatic nitrogens is 1. The maximum atomic E-state index is 11.2. The molecule has 0 aliphatic carbocycles. The van der Waals surface area contributed by atoms with E-state index >= 15 is 0 Å². The van der Waals surface area contributed by atoms with Crippen LogP contribution in [-0.4, -0.2) is 10.8 Å². The van der Waals surface area contributed by atoms with Crippen LogP contribution in [0.5, 0.6) is 0 Å². The van der Waals surface area contributed by atoms with Gasteiger partial charge in [0.25, 0.3) is 0 Å². The third kappa shape index (κ3) is 1.59. The highest BCUT2D eigenvalue weighted by Crippen LogP contribution is 2.18. The first-order valence-electron chi connectivity index (χ1n) is 4.52. The van der Waals surface area contributed by atoms with E-state index in [0.717, 1.165) is 16.8 Å². The van der Waals surface area contributed by atoms with Crippen molar-refractivity contribution in [2.75, 3.05) is 0 Å². The molecule has 0 fully saturated rings. The highest BCUT2D eigenvalue weighted by Gasteiger charge is 2.02. The third-order valence-corrected chi connectivity index (χ3v) is 2.18. The molecule has 0 aliphatic rings. The lowest BCUT2D eigenvalue weighted by molar-refractivity contribution is 0.101. The van der Waals surface area contributed by atoms with Crippen LogP contribution in [0.4, 0.5) is 0 Å². The molecule has 2 aromatic rings. The van der Waals surface area contributed by atoms with Crippen LogP contribution < -0.4 is 0 Å². The first-order valence-corrected chi connectivity index (χ1v) is 4.52. The van der Waals surface area contributed by atoms with Gasteiger partial charge in [-0.15, -0.1) is 0 Å². The van der Waals surface area contributed by atoms with E-state index in [1.807, 2.05) is 42.6 Å². The summed E-state index contributed by atoms with van der Waals surface area (Å²) in [7, 11) is 0. The van der Waals surface area contributed by atoms with Crippen LogP contribution in [0.25, 0.3) is 11.3 Å².